The zero-order chi connectivity index (χ0) is 14.0. The number of amidine groups is 1. The third kappa shape index (κ3) is 2.88. The number of nitrogens with one attached hydrogen (secondary N) is 1. The molecule has 1 heterocycles. The summed E-state index contributed by atoms with van der Waals surface area (Å²) < 4.78 is 0. The lowest BCUT2D eigenvalue weighted by Crippen LogP contribution is -2.38. The van der Waals surface area contributed by atoms with Crippen molar-refractivity contribution < 1.29 is 0 Å². The molecule has 1 aliphatic heterocycles. The molecule has 20 heavy (non-hydrogen) atoms. The fourth-order valence-electron chi connectivity index (χ4n) is 3.91. The van der Waals surface area contributed by atoms with E-state index in [2.05, 4.69) is 17.0 Å². The van der Waals surface area contributed by atoms with Crippen LogP contribution in [0.1, 0.15) is 49.7 Å². The normalized spacial score (nSPS) is 22.2. The zero-order valence-electron chi connectivity index (χ0n) is 12.2. The minimum atomic E-state index is 0.162. The molecule has 1 saturated carbocycles. The molecular formula is C17H25N3. The molecular weight excluding hydrogens is 246 g/mol. The van der Waals surface area contributed by atoms with E-state index in [1.807, 2.05) is 12.1 Å². The SMILES string of the molecule is N=C(N)c1cccc(CN2CCC3(CCCC3)CC2)c1. The van der Waals surface area contributed by atoms with Crippen molar-refractivity contribution in [3.63, 3.8) is 0 Å². The Balaban J connectivity index is 1.59. The van der Waals surface area contributed by atoms with E-state index in [0.717, 1.165) is 12.1 Å². The van der Waals surface area contributed by atoms with E-state index < -0.39 is 0 Å². The first-order chi connectivity index (χ1) is 9.67. The number of piperidine rings is 1. The molecule has 1 aromatic rings. The minimum Gasteiger partial charge on any atom is -0.384 e. The van der Waals surface area contributed by atoms with Gasteiger partial charge in [-0.2, -0.15) is 0 Å². The molecule has 0 atom stereocenters. The third-order valence-corrected chi connectivity index (χ3v) is 5.23. The average molecular weight is 271 g/mol. The Hall–Kier alpha value is -1.35. The molecule has 0 amide bonds. The molecule has 3 N–H and O–H groups in total. The van der Waals surface area contributed by atoms with Crippen molar-refractivity contribution in [2.45, 2.75) is 45.1 Å². The molecule has 3 nitrogen and oxygen atoms in total. The second-order valence-electron chi connectivity index (χ2n) is 6.60. The predicted molar refractivity (Wildman–Crippen MR) is 82.9 cm³/mol. The lowest BCUT2D eigenvalue weighted by atomic mass is 9.77. The number of nitrogens with two attached hydrogens (primary N) is 1. The van der Waals surface area contributed by atoms with Crippen LogP contribution < -0.4 is 5.73 Å². The van der Waals surface area contributed by atoms with E-state index >= 15 is 0 Å². The average Bonchev–Trinajstić information content (AvgIpc) is 2.90. The maximum atomic E-state index is 7.52. The molecule has 3 heteroatoms. The molecule has 1 spiro atoms. The van der Waals surface area contributed by atoms with Gasteiger partial charge < -0.3 is 5.73 Å². The van der Waals surface area contributed by atoms with E-state index in [1.165, 1.54) is 57.2 Å². The van der Waals surface area contributed by atoms with E-state index in [4.69, 9.17) is 11.1 Å². The van der Waals surface area contributed by atoms with E-state index in [-0.39, 0.29) is 5.84 Å². The number of benzene rings is 1. The van der Waals surface area contributed by atoms with Crippen molar-refractivity contribution in [2.75, 3.05) is 13.1 Å². The molecule has 0 aromatic heterocycles. The maximum Gasteiger partial charge on any atom is 0.122 e. The van der Waals surface area contributed by atoms with Crippen LogP contribution in [0.2, 0.25) is 0 Å². The van der Waals surface area contributed by atoms with Gasteiger partial charge >= 0.3 is 0 Å². The molecule has 0 bridgehead atoms. The van der Waals surface area contributed by atoms with Gasteiger partial charge in [-0.25, -0.2) is 0 Å². The van der Waals surface area contributed by atoms with Crippen LogP contribution in [0, 0.1) is 10.8 Å². The van der Waals surface area contributed by atoms with Gasteiger partial charge in [0.15, 0.2) is 0 Å². The summed E-state index contributed by atoms with van der Waals surface area (Å²) in [6.45, 7) is 3.45. The van der Waals surface area contributed by atoms with Gasteiger partial charge in [0, 0.05) is 12.1 Å². The van der Waals surface area contributed by atoms with Crippen molar-refractivity contribution >= 4 is 5.84 Å². The Morgan fingerprint density at radius 3 is 2.50 bits per heavy atom. The van der Waals surface area contributed by atoms with Crippen molar-refractivity contribution in [1.29, 1.82) is 5.41 Å². The van der Waals surface area contributed by atoms with Crippen LogP contribution in [-0.2, 0) is 6.54 Å². The van der Waals surface area contributed by atoms with E-state index in [1.54, 1.807) is 0 Å². The molecule has 2 fully saturated rings. The third-order valence-electron chi connectivity index (χ3n) is 5.23. The van der Waals surface area contributed by atoms with Crippen molar-refractivity contribution in [3.05, 3.63) is 35.4 Å². The quantitative estimate of drug-likeness (QED) is 0.655. The molecule has 0 unspecified atom stereocenters. The van der Waals surface area contributed by atoms with Gasteiger partial charge in [-0.15, -0.1) is 0 Å². The fourth-order valence-corrected chi connectivity index (χ4v) is 3.91. The van der Waals surface area contributed by atoms with Gasteiger partial charge in [-0.1, -0.05) is 31.0 Å². The van der Waals surface area contributed by atoms with Crippen LogP contribution in [-0.4, -0.2) is 23.8 Å². The summed E-state index contributed by atoms with van der Waals surface area (Å²) in [4.78, 5) is 2.56. The maximum absolute atomic E-state index is 7.52. The van der Waals surface area contributed by atoms with E-state index in [0.29, 0.717) is 5.41 Å². The molecule has 3 rings (SSSR count). The Morgan fingerprint density at radius 1 is 1.15 bits per heavy atom. The second kappa shape index (κ2) is 5.57. The zero-order valence-corrected chi connectivity index (χ0v) is 12.2. The first-order valence-corrected chi connectivity index (χ1v) is 7.83. The summed E-state index contributed by atoms with van der Waals surface area (Å²) in [5.41, 5.74) is 8.37. The number of rotatable bonds is 3. The van der Waals surface area contributed by atoms with Gasteiger partial charge in [0.1, 0.15) is 5.84 Å². The monoisotopic (exact) mass is 271 g/mol. The van der Waals surface area contributed by atoms with Crippen LogP contribution in [0.25, 0.3) is 0 Å². The Bertz CT molecular complexity index is 479. The molecule has 2 aliphatic rings. The molecule has 0 radical (unpaired) electrons. The molecule has 1 aromatic carbocycles. The Kier molecular flexibility index (Phi) is 3.79. The van der Waals surface area contributed by atoms with Gasteiger partial charge in [0.2, 0.25) is 0 Å². The first kappa shape index (κ1) is 13.6. The standard InChI is InChI=1S/C17H25N3/c18-16(19)15-5-3-4-14(12-15)13-20-10-8-17(9-11-20)6-1-2-7-17/h3-5,12H,1-2,6-11,13H2,(H3,18,19). The fraction of sp³-hybridized carbons (Fsp3) is 0.588. The summed E-state index contributed by atoms with van der Waals surface area (Å²) in [6.07, 6.45) is 8.56. The van der Waals surface area contributed by atoms with E-state index in [9.17, 15) is 0 Å². The highest BCUT2D eigenvalue weighted by atomic mass is 15.1. The van der Waals surface area contributed by atoms with Crippen molar-refractivity contribution in [1.82, 2.24) is 4.90 Å². The number of likely N-dealkylation sites (tertiary alicyclic amines) is 1. The summed E-state index contributed by atoms with van der Waals surface area (Å²) in [6, 6.07) is 8.12. The number of hydrogen-bond donors (Lipinski definition) is 2. The van der Waals surface area contributed by atoms with Gasteiger partial charge in [-0.05, 0) is 55.8 Å². The van der Waals surface area contributed by atoms with Crippen LogP contribution in [0.5, 0.6) is 0 Å². The second-order valence-corrected chi connectivity index (χ2v) is 6.60. The van der Waals surface area contributed by atoms with Crippen molar-refractivity contribution in [2.24, 2.45) is 11.1 Å². The highest BCUT2D eigenvalue weighted by Gasteiger charge is 2.36. The summed E-state index contributed by atoms with van der Waals surface area (Å²) in [5, 5.41) is 7.52. The number of nitrogens with zero attached hydrogens (tertiary/aromatic N) is 1. The van der Waals surface area contributed by atoms with Gasteiger partial charge in [-0.3, -0.25) is 10.3 Å². The highest BCUT2D eigenvalue weighted by Crippen LogP contribution is 2.46. The van der Waals surface area contributed by atoms with Crippen LogP contribution >= 0.6 is 0 Å². The molecule has 1 saturated heterocycles. The van der Waals surface area contributed by atoms with Crippen LogP contribution in [0.15, 0.2) is 24.3 Å². The van der Waals surface area contributed by atoms with Gasteiger partial charge in [0.05, 0.1) is 0 Å². The largest absolute Gasteiger partial charge is 0.384 e. The lowest BCUT2D eigenvalue weighted by molar-refractivity contribution is 0.103. The highest BCUT2D eigenvalue weighted by molar-refractivity contribution is 5.95. The Labute approximate surface area is 121 Å². The summed E-state index contributed by atoms with van der Waals surface area (Å²) >= 11 is 0. The van der Waals surface area contributed by atoms with Crippen LogP contribution in [0.3, 0.4) is 0 Å². The van der Waals surface area contributed by atoms with Crippen molar-refractivity contribution in [3.8, 4) is 0 Å². The summed E-state index contributed by atoms with van der Waals surface area (Å²) in [5.74, 6) is 0.162. The smallest absolute Gasteiger partial charge is 0.122 e. The molecule has 1 aliphatic carbocycles. The van der Waals surface area contributed by atoms with Gasteiger partial charge in [0.25, 0.3) is 0 Å². The summed E-state index contributed by atoms with van der Waals surface area (Å²) in [7, 11) is 0. The Morgan fingerprint density at radius 2 is 1.85 bits per heavy atom. The predicted octanol–water partition coefficient (Wildman–Crippen LogP) is 3.13. The number of nitrogen functional groups attached to an aromatic ring is 1. The van der Waals surface area contributed by atoms with Crippen LogP contribution in [0.4, 0.5) is 0 Å². The number of hydrogen-bond acceptors (Lipinski definition) is 2. The first-order valence-electron chi connectivity index (χ1n) is 7.83. The minimum absolute atomic E-state index is 0.162. The topological polar surface area (TPSA) is 53.1 Å². The lowest BCUT2D eigenvalue weighted by Gasteiger charge is -2.39. The molecule has 108 valence electrons.